The van der Waals surface area contributed by atoms with Gasteiger partial charge in [-0.25, -0.2) is 22.3 Å². The van der Waals surface area contributed by atoms with Gasteiger partial charge in [0.15, 0.2) is 0 Å². The lowest BCUT2D eigenvalue weighted by atomic mass is 9.85. The van der Waals surface area contributed by atoms with Crippen LogP contribution in [0.15, 0.2) is 24.3 Å². The highest BCUT2D eigenvalue weighted by molar-refractivity contribution is 7.88. The van der Waals surface area contributed by atoms with Crippen LogP contribution >= 0.6 is 0 Å². The van der Waals surface area contributed by atoms with E-state index in [-0.39, 0.29) is 32.0 Å². The minimum absolute atomic E-state index is 0.0236. The van der Waals surface area contributed by atoms with E-state index in [9.17, 15) is 37.2 Å². The molecule has 1 aromatic carbocycles. The molecule has 2 heterocycles. The summed E-state index contributed by atoms with van der Waals surface area (Å²) < 4.78 is 31.5. The van der Waals surface area contributed by atoms with Crippen molar-refractivity contribution >= 4 is 45.7 Å². The zero-order valence-corrected chi connectivity index (χ0v) is 35.1. The van der Waals surface area contributed by atoms with Gasteiger partial charge in [0.1, 0.15) is 18.2 Å². The molecule has 1 aromatic rings. The van der Waals surface area contributed by atoms with Crippen molar-refractivity contribution in [1.82, 2.24) is 35.4 Å². The first kappa shape index (κ1) is 44.5. The van der Waals surface area contributed by atoms with E-state index in [1.54, 1.807) is 25.7 Å². The van der Waals surface area contributed by atoms with Crippen LogP contribution in [0.4, 0.5) is 9.59 Å². The number of ether oxygens (including phenoxy) is 1. The zero-order chi connectivity index (χ0) is 41.7. The summed E-state index contributed by atoms with van der Waals surface area (Å²) in [6, 6.07) is 2.85. The number of fused-ring (bicyclic) bond motifs is 1. The molecule has 5 atom stereocenters. The lowest BCUT2D eigenvalue weighted by Crippen LogP contribution is -2.62. The van der Waals surface area contributed by atoms with Crippen LogP contribution in [0, 0.1) is 10.8 Å². The van der Waals surface area contributed by atoms with Crippen LogP contribution in [0.3, 0.4) is 0 Å². The van der Waals surface area contributed by atoms with Crippen molar-refractivity contribution in [2.75, 3.05) is 32.9 Å². The molecule has 312 valence electrons. The van der Waals surface area contributed by atoms with Gasteiger partial charge < -0.3 is 35.8 Å². The number of hydrogen-bond donors (Lipinski definition) is 4. The van der Waals surface area contributed by atoms with Crippen molar-refractivity contribution < 1.29 is 41.9 Å². The Balaban J connectivity index is 1.57. The predicted octanol–water partition coefficient (Wildman–Crippen LogP) is 2.30. The molecular weight excluding hydrogens is 743 g/mol. The smallest absolute Gasteiger partial charge is 0.410 e. The molecule has 4 N–H and O–H groups in total. The molecule has 2 unspecified atom stereocenters. The molecule has 17 heteroatoms. The molecule has 0 spiro atoms. The highest BCUT2D eigenvalue weighted by atomic mass is 32.2. The Hall–Kier alpha value is -4.25. The summed E-state index contributed by atoms with van der Waals surface area (Å²) in [4.78, 5) is 84.6. The maximum absolute atomic E-state index is 14.6. The second kappa shape index (κ2) is 17.9. The molecule has 3 aliphatic rings. The van der Waals surface area contributed by atoms with E-state index in [0.29, 0.717) is 25.9 Å². The number of hydrogen-bond acceptors (Lipinski definition) is 9. The summed E-state index contributed by atoms with van der Waals surface area (Å²) in [7, 11) is -2.14. The first-order chi connectivity index (χ1) is 26.0. The van der Waals surface area contributed by atoms with E-state index in [4.69, 9.17) is 4.74 Å². The third-order valence-electron chi connectivity index (χ3n) is 10.6. The highest BCUT2D eigenvalue weighted by Gasteiger charge is 2.47. The third-order valence-corrected chi connectivity index (χ3v) is 11.9. The molecule has 0 bridgehead atoms. The molecule has 6 amide bonds. The number of likely N-dealkylation sites (N-methyl/N-ethyl adjacent to an activating group) is 1. The number of benzene rings is 1. The van der Waals surface area contributed by atoms with E-state index < -0.39 is 86.8 Å². The number of sulfonamides is 1. The fraction of sp³-hybridized carbons (Fsp3) is 0.692. The number of amides is 6. The normalized spacial score (nSPS) is 20.3. The highest BCUT2D eigenvalue weighted by Crippen LogP contribution is 2.29. The van der Waals surface area contributed by atoms with Gasteiger partial charge in [-0.2, -0.15) is 0 Å². The maximum Gasteiger partial charge on any atom is 0.410 e. The number of rotatable bonds is 14. The van der Waals surface area contributed by atoms with Crippen LogP contribution in [-0.2, 0) is 46.9 Å². The molecule has 0 radical (unpaired) electrons. The van der Waals surface area contributed by atoms with Crippen LogP contribution < -0.4 is 21.3 Å². The van der Waals surface area contributed by atoms with Gasteiger partial charge in [0.2, 0.25) is 27.6 Å². The molecule has 4 rings (SSSR count). The minimum Gasteiger partial charge on any atom is -0.444 e. The second-order valence-corrected chi connectivity index (χ2v) is 19.6. The molecule has 1 aliphatic carbocycles. The number of urea groups is 1. The first-order valence-corrected chi connectivity index (χ1v) is 21.3. The van der Waals surface area contributed by atoms with Gasteiger partial charge in [0.05, 0.1) is 18.8 Å². The Kier molecular flexibility index (Phi) is 14.2. The Morgan fingerprint density at radius 1 is 0.946 bits per heavy atom. The van der Waals surface area contributed by atoms with E-state index in [1.807, 2.05) is 52.0 Å². The number of carbonyl (C=O) groups excluding carboxylic acids is 6. The summed E-state index contributed by atoms with van der Waals surface area (Å²) in [5, 5.41) is 11.0. The molecule has 56 heavy (non-hydrogen) atoms. The Morgan fingerprint density at radius 2 is 1.59 bits per heavy atom. The largest absolute Gasteiger partial charge is 0.444 e. The average Bonchev–Trinajstić information content (AvgIpc) is 3.82. The molecule has 2 aliphatic heterocycles. The molecule has 0 aromatic heterocycles. The lowest BCUT2D eigenvalue weighted by Gasteiger charge is -2.37. The van der Waals surface area contributed by atoms with Crippen LogP contribution in [-0.4, -0.2) is 127 Å². The second-order valence-electron chi connectivity index (χ2n) is 17.5. The van der Waals surface area contributed by atoms with E-state index in [2.05, 4.69) is 21.3 Å². The number of Topliss-reactive ketones (excluding diaryl/α,β-unsaturated/α-hetero) is 1. The average molecular weight is 804 g/mol. The van der Waals surface area contributed by atoms with Crippen LogP contribution in [0.25, 0.3) is 0 Å². The van der Waals surface area contributed by atoms with Crippen LogP contribution in [0.5, 0.6) is 0 Å². The van der Waals surface area contributed by atoms with Crippen LogP contribution in [0.1, 0.15) is 91.7 Å². The monoisotopic (exact) mass is 803 g/mol. The van der Waals surface area contributed by atoms with Gasteiger partial charge in [-0.1, -0.05) is 79.2 Å². The van der Waals surface area contributed by atoms with Crippen LogP contribution in [0.2, 0.25) is 0 Å². The molecule has 16 nitrogen and oxygen atoms in total. The summed E-state index contributed by atoms with van der Waals surface area (Å²) in [5.74, 6) is -2.87. The maximum atomic E-state index is 14.6. The molecule has 1 saturated heterocycles. The summed E-state index contributed by atoms with van der Waals surface area (Å²) >= 11 is 0. The van der Waals surface area contributed by atoms with Crippen molar-refractivity contribution in [2.45, 2.75) is 130 Å². The van der Waals surface area contributed by atoms with Gasteiger partial charge >= 0.3 is 12.1 Å². The fourth-order valence-corrected chi connectivity index (χ4v) is 7.21. The van der Waals surface area contributed by atoms with Crippen molar-refractivity contribution in [2.24, 2.45) is 10.8 Å². The summed E-state index contributed by atoms with van der Waals surface area (Å²) in [6.45, 7) is 13.2. The van der Waals surface area contributed by atoms with E-state index >= 15 is 0 Å². The SMILES string of the molecule is CCCC(NC(=O)C1C[C@@H](OC(=O)N2CCc3ccccc3C2)CN1C(=O)[C@@H](NC(=O)N[C@H](CN(C)S(C)(=O)=O)C(C)(C)C)C(C)(C)C)C(=O)C(=O)NC1CC1. The van der Waals surface area contributed by atoms with Crippen molar-refractivity contribution in [3.8, 4) is 0 Å². The van der Waals surface area contributed by atoms with Crippen molar-refractivity contribution in [1.29, 1.82) is 0 Å². The van der Waals surface area contributed by atoms with Gasteiger partial charge in [-0.15, -0.1) is 0 Å². The van der Waals surface area contributed by atoms with E-state index in [1.165, 1.54) is 11.9 Å². The summed E-state index contributed by atoms with van der Waals surface area (Å²) in [5.41, 5.74) is 0.676. The van der Waals surface area contributed by atoms with Gasteiger partial charge in [-0.3, -0.25) is 19.2 Å². The Labute approximate surface area is 331 Å². The molecular formula is C39H61N7O9S. The Morgan fingerprint density at radius 3 is 2.16 bits per heavy atom. The number of likely N-dealkylation sites (tertiary alicyclic amines) is 1. The van der Waals surface area contributed by atoms with Crippen molar-refractivity contribution in [3.05, 3.63) is 35.4 Å². The quantitative estimate of drug-likeness (QED) is 0.204. The fourth-order valence-electron chi connectivity index (χ4n) is 6.79. The number of ketones is 1. The van der Waals surface area contributed by atoms with Gasteiger partial charge in [0.25, 0.3) is 5.91 Å². The minimum atomic E-state index is -3.56. The standard InChI is InChI=1S/C39H61N7O9S/c1-10-13-28(31(47)34(49)40-26-16-17-26)41-33(48)29-20-27(55-37(52)45-19-18-24-14-11-12-15-25(24)21-45)22-46(29)35(50)32(39(5,6)7)43-36(51)42-30(38(2,3)4)23-44(8)56(9,53)54/h11-12,14-15,26-30,32H,10,13,16-23H2,1-9H3,(H,40,49)(H,41,48)(H2,42,43,51)/t27-,28?,29?,30-,32-/m1/s1. The number of carbonyl (C=O) groups is 6. The summed E-state index contributed by atoms with van der Waals surface area (Å²) in [6.07, 6.45) is 2.38. The number of nitrogens with zero attached hydrogens (tertiary/aromatic N) is 3. The lowest BCUT2D eigenvalue weighted by molar-refractivity contribution is -0.144. The van der Waals surface area contributed by atoms with E-state index in [0.717, 1.165) is 34.5 Å². The first-order valence-electron chi connectivity index (χ1n) is 19.5. The Bertz CT molecular complexity index is 1750. The predicted molar refractivity (Wildman–Crippen MR) is 210 cm³/mol. The molecule has 2 fully saturated rings. The van der Waals surface area contributed by atoms with Gasteiger partial charge in [-0.05, 0) is 47.6 Å². The molecule has 1 saturated carbocycles. The zero-order valence-electron chi connectivity index (χ0n) is 34.3. The third kappa shape index (κ3) is 11.9. The number of nitrogens with one attached hydrogen (secondary N) is 4. The van der Waals surface area contributed by atoms with Gasteiger partial charge in [0, 0.05) is 45.2 Å². The van der Waals surface area contributed by atoms with Crippen molar-refractivity contribution in [3.63, 3.8) is 0 Å². The topological polar surface area (TPSA) is 204 Å².